The van der Waals surface area contributed by atoms with Gasteiger partial charge in [0.1, 0.15) is 12.5 Å². The van der Waals surface area contributed by atoms with Crippen LogP contribution in [0, 0.1) is 0 Å². The second-order valence-corrected chi connectivity index (χ2v) is 6.35. The molecule has 4 nitrogen and oxygen atoms in total. The predicted molar refractivity (Wildman–Crippen MR) is 91.3 cm³/mol. The number of hydrogen-bond donors (Lipinski definition) is 1. The lowest BCUT2D eigenvalue weighted by molar-refractivity contribution is -0.153. The Bertz CT molecular complexity index is 479. The molecule has 0 saturated heterocycles. The maximum Gasteiger partial charge on any atom is 0.316 e. The van der Waals surface area contributed by atoms with E-state index in [4.69, 9.17) is 4.74 Å². The quantitative estimate of drug-likeness (QED) is 0.749. The van der Waals surface area contributed by atoms with E-state index in [0.717, 1.165) is 38.0 Å². The maximum atomic E-state index is 12.7. The number of carbonyl (C=O) groups excluding carboxylic acids is 1. The normalized spacial score (nSPS) is 18.1. The van der Waals surface area contributed by atoms with Crippen LogP contribution < -0.4 is 0 Å². The first-order chi connectivity index (χ1) is 11.1. The molecular weight excluding hydrogens is 290 g/mol. The van der Waals surface area contributed by atoms with Crippen molar-refractivity contribution < 1.29 is 14.6 Å². The fourth-order valence-electron chi connectivity index (χ4n) is 3.49. The molecule has 1 aliphatic rings. The van der Waals surface area contributed by atoms with Crippen LogP contribution in [0.5, 0.6) is 0 Å². The molecule has 0 heterocycles. The molecule has 0 aromatic heterocycles. The summed E-state index contributed by atoms with van der Waals surface area (Å²) in [6.07, 6.45) is 3.26. The first kappa shape index (κ1) is 18.0. The lowest BCUT2D eigenvalue weighted by Gasteiger charge is -2.31. The highest BCUT2D eigenvalue weighted by Crippen LogP contribution is 2.41. The zero-order valence-electron chi connectivity index (χ0n) is 14.3. The van der Waals surface area contributed by atoms with E-state index < -0.39 is 11.5 Å². The third-order valence-corrected chi connectivity index (χ3v) is 4.92. The fraction of sp³-hybridized carbons (Fsp3) is 0.632. The van der Waals surface area contributed by atoms with Crippen molar-refractivity contribution in [2.45, 2.75) is 51.0 Å². The first-order valence-electron chi connectivity index (χ1n) is 8.77. The van der Waals surface area contributed by atoms with Crippen molar-refractivity contribution in [2.24, 2.45) is 0 Å². The van der Waals surface area contributed by atoms with Crippen molar-refractivity contribution >= 4 is 5.97 Å². The molecule has 0 radical (unpaired) electrons. The predicted octanol–water partition coefficient (Wildman–Crippen LogP) is 2.96. The van der Waals surface area contributed by atoms with E-state index in [9.17, 15) is 9.90 Å². The molecule has 1 fully saturated rings. The van der Waals surface area contributed by atoms with Crippen LogP contribution in [0.1, 0.15) is 51.0 Å². The van der Waals surface area contributed by atoms with Gasteiger partial charge in [0.05, 0.1) is 5.60 Å². The Labute approximate surface area is 139 Å². The summed E-state index contributed by atoms with van der Waals surface area (Å²) < 4.78 is 5.53. The fourth-order valence-corrected chi connectivity index (χ4v) is 3.49. The molecule has 1 N–H and O–H groups in total. The van der Waals surface area contributed by atoms with E-state index in [0.29, 0.717) is 19.4 Å². The van der Waals surface area contributed by atoms with Gasteiger partial charge in [-0.1, -0.05) is 57.0 Å². The minimum atomic E-state index is -0.965. The summed E-state index contributed by atoms with van der Waals surface area (Å²) in [6, 6.07) is 9.55. The average Bonchev–Trinajstić information content (AvgIpc) is 3.00. The van der Waals surface area contributed by atoms with Crippen LogP contribution in [0.3, 0.4) is 0 Å². The summed E-state index contributed by atoms with van der Waals surface area (Å²) in [5, 5.41) is 11.0. The molecule has 1 aromatic rings. The molecule has 128 valence electrons. The number of benzene rings is 1. The molecule has 0 aliphatic heterocycles. The SMILES string of the molecule is CCN(CC)CCOC(=O)[C@@H](c1ccccc1)C1(O)CCCC1. The Hall–Kier alpha value is -1.39. The largest absolute Gasteiger partial charge is 0.464 e. The third kappa shape index (κ3) is 4.55. The molecular formula is C19H29NO3. The standard InChI is InChI=1S/C19H29NO3/c1-3-20(4-2)14-15-23-18(21)17(16-10-6-5-7-11-16)19(22)12-8-9-13-19/h5-7,10-11,17,22H,3-4,8-9,12-15H2,1-2H3/t17-/m1/s1. The van der Waals surface area contributed by atoms with Crippen LogP contribution in [0.15, 0.2) is 30.3 Å². The lowest BCUT2D eigenvalue weighted by Crippen LogP contribution is -2.39. The van der Waals surface area contributed by atoms with Crippen LogP contribution >= 0.6 is 0 Å². The zero-order valence-corrected chi connectivity index (χ0v) is 14.3. The Balaban J connectivity index is 2.06. The van der Waals surface area contributed by atoms with Crippen LogP contribution in [-0.4, -0.2) is 47.8 Å². The summed E-state index contributed by atoms with van der Waals surface area (Å²) in [5.41, 5.74) is -0.113. The minimum absolute atomic E-state index is 0.298. The van der Waals surface area contributed by atoms with E-state index in [1.165, 1.54) is 0 Å². The average molecular weight is 319 g/mol. The van der Waals surface area contributed by atoms with E-state index in [-0.39, 0.29) is 5.97 Å². The van der Waals surface area contributed by atoms with Crippen molar-refractivity contribution in [3.05, 3.63) is 35.9 Å². The van der Waals surface area contributed by atoms with Crippen LogP contribution in [0.25, 0.3) is 0 Å². The summed E-state index contributed by atoms with van der Waals surface area (Å²) in [6.45, 7) is 7.19. The molecule has 1 saturated carbocycles. The number of hydrogen-bond acceptors (Lipinski definition) is 4. The Kier molecular flexibility index (Phi) is 6.60. The van der Waals surface area contributed by atoms with Gasteiger partial charge in [-0.15, -0.1) is 0 Å². The monoisotopic (exact) mass is 319 g/mol. The van der Waals surface area contributed by atoms with Crippen molar-refractivity contribution in [1.82, 2.24) is 4.90 Å². The van der Waals surface area contributed by atoms with Gasteiger partial charge in [0, 0.05) is 6.54 Å². The number of ether oxygens (including phenoxy) is 1. The number of likely N-dealkylation sites (N-methyl/N-ethyl adjacent to an activating group) is 1. The van der Waals surface area contributed by atoms with Gasteiger partial charge in [-0.25, -0.2) is 0 Å². The Morgan fingerprint density at radius 3 is 2.39 bits per heavy atom. The van der Waals surface area contributed by atoms with Gasteiger partial charge < -0.3 is 14.7 Å². The molecule has 23 heavy (non-hydrogen) atoms. The summed E-state index contributed by atoms with van der Waals surface area (Å²) in [4.78, 5) is 14.9. The molecule has 0 bridgehead atoms. The van der Waals surface area contributed by atoms with Crippen LogP contribution in [0.2, 0.25) is 0 Å². The van der Waals surface area contributed by atoms with Gasteiger partial charge in [-0.3, -0.25) is 4.79 Å². The third-order valence-electron chi connectivity index (χ3n) is 4.92. The summed E-state index contributed by atoms with van der Waals surface area (Å²) in [7, 11) is 0. The van der Waals surface area contributed by atoms with Gasteiger partial charge in [0.2, 0.25) is 0 Å². The van der Waals surface area contributed by atoms with Gasteiger partial charge in [-0.2, -0.15) is 0 Å². The molecule has 1 aromatic carbocycles. The first-order valence-corrected chi connectivity index (χ1v) is 8.77. The van der Waals surface area contributed by atoms with Crippen LogP contribution in [-0.2, 0) is 9.53 Å². The van der Waals surface area contributed by atoms with Gasteiger partial charge in [0.15, 0.2) is 0 Å². The molecule has 1 atom stereocenters. The van der Waals surface area contributed by atoms with Gasteiger partial charge in [0.25, 0.3) is 0 Å². The van der Waals surface area contributed by atoms with Crippen molar-refractivity contribution in [1.29, 1.82) is 0 Å². The van der Waals surface area contributed by atoms with Gasteiger partial charge in [-0.05, 0) is 31.5 Å². The van der Waals surface area contributed by atoms with Crippen molar-refractivity contribution in [3.8, 4) is 0 Å². The summed E-state index contributed by atoms with van der Waals surface area (Å²) >= 11 is 0. The minimum Gasteiger partial charge on any atom is -0.464 e. The van der Waals surface area contributed by atoms with E-state index in [1.54, 1.807) is 0 Å². The molecule has 1 aliphatic carbocycles. The second-order valence-electron chi connectivity index (χ2n) is 6.35. The smallest absolute Gasteiger partial charge is 0.316 e. The van der Waals surface area contributed by atoms with Gasteiger partial charge >= 0.3 is 5.97 Å². The molecule has 2 rings (SSSR count). The molecule has 0 amide bonds. The lowest BCUT2D eigenvalue weighted by atomic mass is 9.81. The number of aliphatic hydroxyl groups is 1. The maximum absolute atomic E-state index is 12.7. The zero-order chi connectivity index (χ0) is 16.7. The Morgan fingerprint density at radius 2 is 1.83 bits per heavy atom. The summed E-state index contributed by atoms with van der Waals surface area (Å²) in [5.74, 6) is -0.879. The molecule has 4 heteroatoms. The second kappa shape index (κ2) is 8.46. The number of rotatable bonds is 8. The van der Waals surface area contributed by atoms with E-state index in [1.807, 2.05) is 30.3 Å². The highest BCUT2D eigenvalue weighted by Gasteiger charge is 2.45. The van der Waals surface area contributed by atoms with E-state index >= 15 is 0 Å². The Morgan fingerprint density at radius 1 is 1.22 bits per heavy atom. The van der Waals surface area contributed by atoms with Crippen LogP contribution in [0.4, 0.5) is 0 Å². The van der Waals surface area contributed by atoms with E-state index in [2.05, 4.69) is 18.7 Å². The topological polar surface area (TPSA) is 49.8 Å². The number of carbonyl (C=O) groups is 1. The highest BCUT2D eigenvalue weighted by atomic mass is 16.5. The van der Waals surface area contributed by atoms with Crippen molar-refractivity contribution in [2.75, 3.05) is 26.2 Å². The number of nitrogens with zero attached hydrogens (tertiary/aromatic N) is 1. The molecule has 0 spiro atoms. The highest BCUT2D eigenvalue weighted by molar-refractivity contribution is 5.80. The molecule has 0 unspecified atom stereocenters. The van der Waals surface area contributed by atoms with Crippen molar-refractivity contribution in [3.63, 3.8) is 0 Å². The number of esters is 1.